The molecule has 31 heavy (non-hydrogen) atoms. The maximum absolute atomic E-state index is 14.0. The van der Waals surface area contributed by atoms with Gasteiger partial charge in [-0.1, -0.05) is 12.1 Å². The van der Waals surface area contributed by atoms with Crippen molar-refractivity contribution in [3.05, 3.63) is 94.2 Å². The SMILES string of the molecule is O=C1C2=CC=C(Nc3ccc(F)cc3F)CC2=CCc2ccc(OC[C@H](O)CO)cc21. The lowest BCUT2D eigenvalue weighted by molar-refractivity contribution is 0.0536. The number of halogens is 2. The summed E-state index contributed by atoms with van der Waals surface area (Å²) in [6.45, 7) is -0.484. The highest BCUT2D eigenvalue weighted by atomic mass is 19.1. The number of fused-ring (bicyclic) bond motifs is 2. The van der Waals surface area contributed by atoms with E-state index in [0.29, 0.717) is 35.4 Å². The molecule has 0 aromatic heterocycles. The van der Waals surface area contributed by atoms with Crippen LogP contribution in [-0.4, -0.2) is 35.3 Å². The number of hydrogen-bond acceptors (Lipinski definition) is 5. The summed E-state index contributed by atoms with van der Waals surface area (Å²) in [6, 6.07) is 8.51. The van der Waals surface area contributed by atoms with Gasteiger partial charge in [-0.3, -0.25) is 4.79 Å². The second kappa shape index (κ2) is 8.83. The molecule has 0 fully saturated rings. The molecule has 2 aliphatic carbocycles. The molecule has 2 aromatic rings. The van der Waals surface area contributed by atoms with E-state index in [1.54, 1.807) is 24.3 Å². The van der Waals surface area contributed by atoms with E-state index < -0.39 is 24.3 Å². The molecule has 0 radical (unpaired) electrons. The first-order valence-electron chi connectivity index (χ1n) is 9.86. The Morgan fingerprint density at radius 1 is 1.13 bits per heavy atom. The molecule has 5 nitrogen and oxygen atoms in total. The molecule has 0 heterocycles. The third-order valence-electron chi connectivity index (χ3n) is 5.20. The minimum atomic E-state index is -0.995. The molecule has 0 spiro atoms. The molecule has 3 N–H and O–H groups in total. The molecule has 0 saturated heterocycles. The van der Waals surface area contributed by atoms with Crippen LogP contribution >= 0.6 is 0 Å². The fourth-order valence-corrected chi connectivity index (χ4v) is 3.56. The van der Waals surface area contributed by atoms with Crippen molar-refractivity contribution in [2.45, 2.75) is 18.9 Å². The summed E-state index contributed by atoms with van der Waals surface area (Å²) in [4.78, 5) is 13.2. The van der Waals surface area contributed by atoms with Crippen LogP contribution < -0.4 is 10.1 Å². The maximum Gasteiger partial charge on any atom is 0.193 e. The Morgan fingerprint density at radius 3 is 2.74 bits per heavy atom. The summed E-state index contributed by atoms with van der Waals surface area (Å²) in [5.41, 5.74) is 3.61. The number of allylic oxidation sites excluding steroid dienone is 5. The van der Waals surface area contributed by atoms with Crippen molar-refractivity contribution in [1.29, 1.82) is 0 Å². The normalized spacial score (nSPS) is 16.3. The molecule has 2 aromatic carbocycles. The van der Waals surface area contributed by atoms with Crippen LogP contribution in [0.5, 0.6) is 5.75 Å². The average Bonchev–Trinajstić information content (AvgIpc) is 2.90. The number of rotatable bonds is 6. The van der Waals surface area contributed by atoms with Gasteiger partial charge in [0.25, 0.3) is 0 Å². The van der Waals surface area contributed by atoms with Gasteiger partial charge >= 0.3 is 0 Å². The van der Waals surface area contributed by atoms with Crippen molar-refractivity contribution in [3.63, 3.8) is 0 Å². The number of ether oxygens (including phenoxy) is 1. The van der Waals surface area contributed by atoms with Gasteiger partial charge < -0.3 is 20.3 Å². The number of carbonyl (C=O) groups is 1. The van der Waals surface area contributed by atoms with Gasteiger partial charge in [-0.05, 0) is 54.0 Å². The lowest BCUT2D eigenvalue weighted by Gasteiger charge is -2.19. The highest BCUT2D eigenvalue weighted by molar-refractivity contribution is 6.13. The van der Waals surface area contributed by atoms with Crippen LogP contribution in [0.2, 0.25) is 0 Å². The lowest BCUT2D eigenvalue weighted by atomic mass is 9.91. The van der Waals surface area contributed by atoms with E-state index in [2.05, 4.69) is 5.32 Å². The van der Waals surface area contributed by atoms with E-state index in [1.165, 1.54) is 12.1 Å². The Hall–Kier alpha value is -3.29. The number of ketones is 1. The Kier molecular flexibility index (Phi) is 5.97. The van der Waals surface area contributed by atoms with Crippen molar-refractivity contribution < 1.29 is 28.5 Å². The van der Waals surface area contributed by atoms with Crippen molar-refractivity contribution in [2.75, 3.05) is 18.5 Å². The minimum absolute atomic E-state index is 0.0760. The number of nitrogens with one attached hydrogen (secondary N) is 1. The van der Waals surface area contributed by atoms with Gasteiger partial charge in [0.1, 0.15) is 30.1 Å². The monoisotopic (exact) mass is 425 g/mol. The predicted molar refractivity (Wildman–Crippen MR) is 112 cm³/mol. The fourth-order valence-electron chi connectivity index (χ4n) is 3.56. The van der Waals surface area contributed by atoms with Crippen LogP contribution in [0.3, 0.4) is 0 Å². The third-order valence-corrected chi connectivity index (χ3v) is 5.20. The zero-order valence-electron chi connectivity index (χ0n) is 16.6. The Labute approximate surface area is 178 Å². The average molecular weight is 425 g/mol. The Balaban J connectivity index is 1.56. The van der Waals surface area contributed by atoms with Gasteiger partial charge in [-0.2, -0.15) is 0 Å². The molecule has 1 atom stereocenters. The van der Waals surface area contributed by atoms with Gasteiger partial charge in [0.15, 0.2) is 5.78 Å². The molecule has 0 bridgehead atoms. The highest BCUT2D eigenvalue weighted by Gasteiger charge is 2.25. The first kappa shape index (κ1) is 21.0. The van der Waals surface area contributed by atoms with Crippen molar-refractivity contribution in [2.24, 2.45) is 0 Å². The first-order valence-corrected chi connectivity index (χ1v) is 9.86. The van der Waals surface area contributed by atoms with Crippen molar-refractivity contribution >= 4 is 11.5 Å². The molecule has 160 valence electrons. The van der Waals surface area contributed by atoms with Crippen molar-refractivity contribution in [1.82, 2.24) is 0 Å². The summed E-state index contributed by atoms with van der Waals surface area (Å²) in [5.74, 6) is -1.04. The van der Waals surface area contributed by atoms with Crippen molar-refractivity contribution in [3.8, 4) is 5.75 Å². The highest BCUT2D eigenvalue weighted by Crippen LogP contribution is 2.34. The topological polar surface area (TPSA) is 78.8 Å². The second-order valence-electron chi connectivity index (χ2n) is 7.43. The molecular formula is C24H21F2NO4. The lowest BCUT2D eigenvalue weighted by Crippen LogP contribution is -2.21. The number of aliphatic hydroxyl groups excluding tert-OH is 2. The van der Waals surface area contributed by atoms with E-state index >= 15 is 0 Å². The zero-order valence-corrected chi connectivity index (χ0v) is 16.6. The molecular weight excluding hydrogens is 404 g/mol. The van der Waals surface area contributed by atoms with E-state index in [0.717, 1.165) is 17.2 Å². The summed E-state index contributed by atoms with van der Waals surface area (Å²) < 4.78 is 32.6. The number of Topliss-reactive ketones (excluding diaryl/α,β-unsaturated/α-hetero) is 1. The number of benzene rings is 2. The first-order chi connectivity index (χ1) is 14.9. The van der Waals surface area contributed by atoms with E-state index in [-0.39, 0.29) is 18.1 Å². The van der Waals surface area contributed by atoms with Gasteiger partial charge in [0.05, 0.1) is 12.3 Å². The number of aliphatic hydroxyl groups is 2. The summed E-state index contributed by atoms with van der Waals surface area (Å²) in [7, 11) is 0. The summed E-state index contributed by atoms with van der Waals surface area (Å²) >= 11 is 0. The van der Waals surface area contributed by atoms with Crippen LogP contribution in [0.15, 0.2) is 71.5 Å². The number of hydrogen-bond donors (Lipinski definition) is 3. The molecule has 0 saturated carbocycles. The molecule has 2 aliphatic rings. The van der Waals surface area contributed by atoms with Gasteiger partial charge in [0.2, 0.25) is 0 Å². The Bertz CT molecular complexity index is 1120. The molecule has 4 rings (SSSR count). The minimum Gasteiger partial charge on any atom is -0.491 e. The van der Waals surface area contributed by atoms with Crippen LogP contribution in [0.4, 0.5) is 14.5 Å². The third kappa shape index (κ3) is 4.57. The zero-order chi connectivity index (χ0) is 22.0. The van der Waals surface area contributed by atoms with E-state index in [1.807, 2.05) is 12.1 Å². The number of carbonyl (C=O) groups excluding carboxylic acids is 1. The van der Waals surface area contributed by atoms with Crippen LogP contribution in [0, 0.1) is 11.6 Å². The van der Waals surface area contributed by atoms with Crippen LogP contribution in [0.25, 0.3) is 0 Å². The standard InChI is InChI=1S/C24H21F2NO4/c25-16-4-8-23(22(26)10-16)27-17-5-7-20-15(9-17)2-1-14-3-6-19(11-21(14)24(20)30)31-13-18(29)12-28/h2-8,10-11,18,27-29H,1,9,12-13H2/t18-/m1/s1. The van der Waals surface area contributed by atoms with Gasteiger partial charge in [-0.15, -0.1) is 0 Å². The molecule has 0 aliphatic heterocycles. The predicted octanol–water partition coefficient (Wildman–Crippen LogP) is 3.69. The van der Waals surface area contributed by atoms with Crippen LogP contribution in [-0.2, 0) is 6.42 Å². The number of anilines is 1. The van der Waals surface area contributed by atoms with Gasteiger partial charge in [0, 0.05) is 29.3 Å². The largest absolute Gasteiger partial charge is 0.491 e. The Morgan fingerprint density at radius 2 is 1.97 bits per heavy atom. The second-order valence-corrected chi connectivity index (χ2v) is 7.43. The molecule has 0 amide bonds. The van der Waals surface area contributed by atoms with E-state index in [9.17, 15) is 18.7 Å². The quantitative estimate of drug-likeness (QED) is 0.658. The smallest absolute Gasteiger partial charge is 0.193 e. The summed E-state index contributed by atoms with van der Waals surface area (Å²) in [5, 5.41) is 21.3. The molecule has 7 heteroatoms. The van der Waals surface area contributed by atoms with E-state index in [4.69, 9.17) is 9.84 Å². The summed E-state index contributed by atoms with van der Waals surface area (Å²) in [6.07, 6.45) is 5.35. The van der Waals surface area contributed by atoms with Gasteiger partial charge in [-0.25, -0.2) is 8.78 Å². The molecule has 0 unspecified atom stereocenters. The maximum atomic E-state index is 14.0. The fraction of sp³-hybridized carbons (Fsp3) is 0.208. The van der Waals surface area contributed by atoms with Crippen LogP contribution in [0.1, 0.15) is 22.3 Å².